The lowest BCUT2D eigenvalue weighted by Crippen LogP contribution is -2.14. The van der Waals surface area contributed by atoms with E-state index in [1.165, 1.54) is 0 Å². The molecule has 0 saturated carbocycles. The molecule has 0 amide bonds. The number of phosphoric acid groups is 1. The highest BCUT2D eigenvalue weighted by atomic mass is 31.2. The SMILES string of the molecule is C=CC(=O)OCCC(CCOC(=O)C=C)CCOP(=O)(O)O. The summed E-state index contributed by atoms with van der Waals surface area (Å²) in [6, 6.07) is 0. The van der Waals surface area contributed by atoms with Crippen molar-refractivity contribution in [3.05, 3.63) is 25.3 Å². The third-order valence-electron chi connectivity index (χ3n) is 2.66. The van der Waals surface area contributed by atoms with E-state index in [-0.39, 0.29) is 25.7 Å². The number of phosphoric ester groups is 1. The second kappa shape index (κ2) is 11.1. The van der Waals surface area contributed by atoms with Gasteiger partial charge < -0.3 is 19.3 Å². The Balaban J connectivity index is 4.20. The Hall–Kier alpha value is -1.47. The van der Waals surface area contributed by atoms with Crippen LogP contribution in [0.25, 0.3) is 0 Å². The Bertz CT molecular complexity index is 402. The van der Waals surface area contributed by atoms with Crippen molar-refractivity contribution < 1.29 is 37.9 Å². The summed E-state index contributed by atoms with van der Waals surface area (Å²) in [6.07, 6.45) is 3.28. The zero-order valence-electron chi connectivity index (χ0n) is 12.2. The molecule has 9 heteroatoms. The van der Waals surface area contributed by atoms with Crippen LogP contribution in [-0.4, -0.2) is 41.5 Å². The van der Waals surface area contributed by atoms with Gasteiger partial charge in [-0.25, -0.2) is 14.2 Å². The van der Waals surface area contributed by atoms with Crippen LogP contribution in [0.5, 0.6) is 0 Å². The third-order valence-corrected chi connectivity index (χ3v) is 3.18. The van der Waals surface area contributed by atoms with E-state index in [1.54, 1.807) is 0 Å². The molecule has 0 heterocycles. The second-order valence-corrected chi connectivity index (χ2v) is 5.54. The van der Waals surface area contributed by atoms with Gasteiger partial charge in [-0.2, -0.15) is 0 Å². The lowest BCUT2D eigenvalue weighted by atomic mass is 9.99. The van der Waals surface area contributed by atoms with E-state index >= 15 is 0 Å². The first-order valence-corrected chi connectivity index (χ1v) is 8.10. The largest absolute Gasteiger partial charge is 0.469 e. The van der Waals surface area contributed by atoms with Gasteiger partial charge >= 0.3 is 19.8 Å². The van der Waals surface area contributed by atoms with Gasteiger partial charge in [-0.3, -0.25) is 4.52 Å². The highest BCUT2D eigenvalue weighted by molar-refractivity contribution is 7.46. The molecule has 0 saturated heterocycles. The topological polar surface area (TPSA) is 119 Å². The Morgan fingerprint density at radius 2 is 1.36 bits per heavy atom. The van der Waals surface area contributed by atoms with E-state index in [2.05, 4.69) is 17.7 Å². The lowest BCUT2D eigenvalue weighted by Gasteiger charge is -2.16. The fourth-order valence-electron chi connectivity index (χ4n) is 1.54. The molecular formula is C13H21O8P. The summed E-state index contributed by atoms with van der Waals surface area (Å²) in [5, 5.41) is 0. The van der Waals surface area contributed by atoms with Crippen molar-refractivity contribution in [2.45, 2.75) is 19.3 Å². The third kappa shape index (κ3) is 12.3. The highest BCUT2D eigenvalue weighted by Gasteiger charge is 2.16. The van der Waals surface area contributed by atoms with E-state index in [0.717, 1.165) is 12.2 Å². The number of esters is 2. The van der Waals surface area contributed by atoms with Gasteiger partial charge in [-0.1, -0.05) is 13.2 Å². The van der Waals surface area contributed by atoms with Crippen molar-refractivity contribution in [2.75, 3.05) is 19.8 Å². The molecule has 0 aliphatic heterocycles. The van der Waals surface area contributed by atoms with Crippen LogP contribution in [0.1, 0.15) is 19.3 Å². The predicted octanol–water partition coefficient (Wildman–Crippen LogP) is 1.34. The van der Waals surface area contributed by atoms with Crippen LogP contribution in [0.15, 0.2) is 25.3 Å². The molecule has 0 aromatic rings. The Kier molecular flexibility index (Phi) is 10.4. The second-order valence-electron chi connectivity index (χ2n) is 4.30. The number of hydrogen-bond donors (Lipinski definition) is 2. The monoisotopic (exact) mass is 336 g/mol. The van der Waals surface area contributed by atoms with Crippen LogP contribution < -0.4 is 0 Å². The summed E-state index contributed by atoms with van der Waals surface area (Å²) in [4.78, 5) is 39.1. The Morgan fingerprint density at radius 1 is 0.955 bits per heavy atom. The minimum Gasteiger partial charge on any atom is -0.463 e. The molecule has 0 aliphatic rings. The van der Waals surface area contributed by atoms with E-state index in [0.29, 0.717) is 19.3 Å². The van der Waals surface area contributed by atoms with Gasteiger partial charge in [0.15, 0.2) is 0 Å². The van der Waals surface area contributed by atoms with Gasteiger partial charge in [0, 0.05) is 12.2 Å². The standard InChI is InChI=1S/C13H21O8P/c1-3-12(14)19-8-5-11(6-9-20-13(15)4-2)7-10-21-22(16,17)18/h3-4,11H,1-2,5-10H2,(H2,16,17,18). The molecule has 0 rings (SSSR count). The first-order valence-electron chi connectivity index (χ1n) is 6.57. The van der Waals surface area contributed by atoms with Crippen LogP contribution in [0, 0.1) is 5.92 Å². The fourth-order valence-corrected chi connectivity index (χ4v) is 1.88. The summed E-state index contributed by atoms with van der Waals surface area (Å²) in [5.41, 5.74) is 0. The van der Waals surface area contributed by atoms with Gasteiger partial charge in [-0.15, -0.1) is 0 Å². The van der Waals surface area contributed by atoms with Crippen molar-refractivity contribution in [1.29, 1.82) is 0 Å². The fraction of sp³-hybridized carbons (Fsp3) is 0.538. The van der Waals surface area contributed by atoms with Crippen LogP contribution in [0.3, 0.4) is 0 Å². The first kappa shape index (κ1) is 20.5. The maximum Gasteiger partial charge on any atom is 0.469 e. The summed E-state index contributed by atoms with van der Waals surface area (Å²) >= 11 is 0. The number of rotatable bonds is 12. The molecule has 0 spiro atoms. The minimum absolute atomic E-state index is 0.0956. The van der Waals surface area contributed by atoms with Crippen molar-refractivity contribution in [2.24, 2.45) is 5.92 Å². The average molecular weight is 336 g/mol. The zero-order valence-corrected chi connectivity index (χ0v) is 13.1. The molecule has 2 N–H and O–H groups in total. The quantitative estimate of drug-likeness (QED) is 0.311. The smallest absolute Gasteiger partial charge is 0.463 e. The van der Waals surface area contributed by atoms with Gasteiger partial charge in [0.1, 0.15) is 0 Å². The maximum atomic E-state index is 10.9. The Morgan fingerprint density at radius 3 is 1.73 bits per heavy atom. The van der Waals surface area contributed by atoms with E-state index in [9.17, 15) is 14.2 Å². The molecule has 0 radical (unpaired) electrons. The van der Waals surface area contributed by atoms with Crippen LogP contribution in [0.2, 0.25) is 0 Å². The van der Waals surface area contributed by atoms with E-state index < -0.39 is 19.8 Å². The molecule has 0 atom stereocenters. The molecule has 22 heavy (non-hydrogen) atoms. The molecule has 0 bridgehead atoms. The van der Waals surface area contributed by atoms with Gasteiger partial charge in [0.05, 0.1) is 19.8 Å². The van der Waals surface area contributed by atoms with Crippen molar-refractivity contribution in [3.8, 4) is 0 Å². The molecule has 126 valence electrons. The number of carbonyl (C=O) groups excluding carboxylic acids is 2. The minimum atomic E-state index is -4.51. The summed E-state index contributed by atoms with van der Waals surface area (Å²) < 4.78 is 24.7. The maximum absolute atomic E-state index is 10.9. The first-order chi connectivity index (χ1) is 10.3. The normalized spacial score (nSPS) is 11.0. The average Bonchev–Trinajstić information content (AvgIpc) is 2.44. The molecular weight excluding hydrogens is 315 g/mol. The van der Waals surface area contributed by atoms with Crippen molar-refractivity contribution in [1.82, 2.24) is 0 Å². The number of hydrogen-bond acceptors (Lipinski definition) is 6. The Labute approximate surface area is 129 Å². The summed E-state index contributed by atoms with van der Waals surface area (Å²) in [7, 11) is -4.51. The van der Waals surface area contributed by atoms with Crippen molar-refractivity contribution >= 4 is 19.8 Å². The van der Waals surface area contributed by atoms with E-state index in [1.807, 2.05) is 0 Å². The predicted molar refractivity (Wildman–Crippen MR) is 77.6 cm³/mol. The van der Waals surface area contributed by atoms with Gasteiger partial charge in [0.25, 0.3) is 0 Å². The highest BCUT2D eigenvalue weighted by Crippen LogP contribution is 2.36. The molecule has 0 aliphatic carbocycles. The molecule has 8 nitrogen and oxygen atoms in total. The van der Waals surface area contributed by atoms with E-state index in [4.69, 9.17) is 19.3 Å². The van der Waals surface area contributed by atoms with Gasteiger partial charge in [-0.05, 0) is 25.2 Å². The lowest BCUT2D eigenvalue weighted by molar-refractivity contribution is -0.138. The molecule has 0 fully saturated rings. The zero-order chi connectivity index (χ0) is 17.0. The molecule has 0 unspecified atom stereocenters. The van der Waals surface area contributed by atoms with Crippen LogP contribution in [0.4, 0.5) is 0 Å². The molecule has 0 aromatic carbocycles. The summed E-state index contributed by atoms with van der Waals surface area (Å²) in [5.74, 6) is -1.20. The number of ether oxygens (including phenoxy) is 2. The number of carbonyl (C=O) groups is 2. The van der Waals surface area contributed by atoms with Crippen LogP contribution >= 0.6 is 7.82 Å². The summed E-state index contributed by atoms with van der Waals surface area (Å²) in [6.45, 7) is 6.63. The van der Waals surface area contributed by atoms with Crippen LogP contribution in [-0.2, 0) is 28.2 Å². The molecule has 0 aromatic heterocycles. The van der Waals surface area contributed by atoms with Gasteiger partial charge in [0.2, 0.25) is 0 Å². The van der Waals surface area contributed by atoms with Crippen molar-refractivity contribution in [3.63, 3.8) is 0 Å².